The van der Waals surface area contributed by atoms with Crippen molar-refractivity contribution in [3.63, 3.8) is 0 Å². The van der Waals surface area contributed by atoms with Crippen LogP contribution in [0, 0.1) is 3.57 Å². The first-order valence-corrected chi connectivity index (χ1v) is 6.68. The Balaban J connectivity index is 2.68. The Morgan fingerprint density at radius 3 is 2.88 bits per heavy atom. The summed E-state index contributed by atoms with van der Waals surface area (Å²) in [5.41, 5.74) is 1.23. The van der Waals surface area contributed by atoms with Gasteiger partial charge in [-0.3, -0.25) is 0 Å². The SMILES string of the molecule is O=C(OCCC[Si])c1ccc(I)c(CO)c1. The topological polar surface area (TPSA) is 46.5 Å². The average molecular weight is 347 g/mol. The molecule has 16 heavy (non-hydrogen) atoms. The number of aliphatic hydroxyl groups is 1. The van der Waals surface area contributed by atoms with Crippen LogP contribution >= 0.6 is 22.6 Å². The zero-order valence-electron chi connectivity index (χ0n) is 8.70. The second kappa shape index (κ2) is 7.03. The summed E-state index contributed by atoms with van der Waals surface area (Å²) in [6.07, 6.45) is 0.792. The summed E-state index contributed by atoms with van der Waals surface area (Å²) in [6.45, 7) is 0.337. The average Bonchev–Trinajstić information content (AvgIpc) is 2.30. The van der Waals surface area contributed by atoms with E-state index in [1.165, 1.54) is 0 Å². The molecule has 0 amide bonds. The van der Waals surface area contributed by atoms with Crippen LogP contribution in [0.5, 0.6) is 0 Å². The highest BCUT2D eigenvalue weighted by molar-refractivity contribution is 14.1. The normalized spacial score (nSPS) is 10.2. The van der Waals surface area contributed by atoms with E-state index in [0.29, 0.717) is 12.2 Å². The molecule has 0 aliphatic heterocycles. The van der Waals surface area contributed by atoms with Crippen molar-refractivity contribution in [3.8, 4) is 0 Å². The van der Waals surface area contributed by atoms with Gasteiger partial charge in [0, 0.05) is 13.8 Å². The molecule has 0 spiro atoms. The van der Waals surface area contributed by atoms with Crippen LogP contribution in [0.3, 0.4) is 0 Å². The van der Waals surface area contributed by atoms with E-state index in [4.69, 9.17) is 9.84 Å². The fourth-order valence-electron chi connectivity index (χ4n) is 1.14. The van der Waals surface area contributed by atoms with Crippen LogP contribution < -0.4 is 0 Å². The number of carbonyl (C=O) groups excluding carboxylic acids is 1. The van der Waals surface area contributed by atoms with Crippen LogP contribution in [-0.2, 0) is 11.3 Å². The smallest absolute Gasteiger partial charge is 0.338 e. The lowest BCUT2D eigenvalue weighted by Crippen LogP contribution is -2.07. The zero-order chi connectivity index (χ0) is 12.0. The van der Waals surface area contributed by atoms with Gasteiger partial charge in [0.2, 0.25) is 0 Å². The Morgan fingerprint density at radius 1 is 1.50 bits per heavy atom. The number of carbonyl (C=O) groups is 1. The van der Waals surface area contributed by atoms with Gasteiger partial charge in [0.1, 0.15) is 0 Å². The number of esters is 1. The molecule has 3 nitrogen and oxygen atoms in total. The minimum Gasteiger partial charge on any atom is -0.462 e. The molecule has 0 fully saturated rings. The summed E-state index contributed by atoms with van der Waals surface area (Å²) < 4.78 is 6.00. The maximum absolute atomic E-state index is 11.6. The largest absolute Gasteiger partial charge is 0.462 e. The highest BCUT2D eigenvalue weighted by atomic mass is 127. The van der Waals surface area contributed by atoms with Crippen molar-refractivity contribution in [3.05, 3.63) is 32.9 Å². The molecule has 0 aliphatic carbocycles. The van der Waals surface area contributed by atoms with E-state index in [-0.39, 0.29) is 12.6 Å². The summed E-state index contributed by atoms with van der Waals surface area (Å²) in [5, 5.41) is 9.08. The number of aliphatic hydroxyl groups excluding tert-OH is 1. The molecule has 0 atom stereocenters. The number of ether oxygens (including phenoxy) is 1. The van der Waals surface area contributed by atoms with Crippen LogP contribution in [-0.4, -0.2) is 27.9 Å². The van der Waals surface area contributed by atoms with E-state index in [2.05, 4.69) is 32.8 Å². The molecule has 0 aromatic heterocycles. The summed E-state index contributed by atoms with van der Waals surface area (Å²) in [7, 11) is 3.31. The highest BCUT2D eigenvalue weighted by Crippen LogP contribution is 2.15. The van der Waals surface area contributed by atoms with E-state index in [1.54, 1.807) is 18.2 Å². The summed E-state index contributed by atoms with van der Waals surface area (Å²) >= 11 is 2.12. The Kier molecular flexibility index (Phi) is 6.00. The molecular weight excluding hydrogens is 335 g/mol. The molecule has 1 rings (SSSR count). The molecule has 0 saturated heterocycles. The monoisotopic (exact) mass is 347 g/mol. The summed E-state index contributed by atoms with van der Waals surface area (Å²) in [4.78, 5) is 11.6. The molecule has 1 aromatic carbocycles. The number of hydrogen-bond donors (Lipinski definition) is 1. The lowest BCUT2D eigenvalue weighted by atomic mass is 10.1. The Morgan fingerprint density at radius 2 is 2.25 bits per heavy atom. The Bertz CT molecular complexity index is 368. The van der Waals surface area contributed by atoms with Gasteiger partial charge in [-0.1, -0.05) is 6.04 Å². The van der Waals surface area contributed by atoms with E-state index >= 15 is 0 Å². The fraction of sp³-hybridized carbons (Fsp3) is 0.364. The predicted octanol–water partition coefficient (Wildman–Crippen LogP) is 1.92. The molecule has 0 bridgehead atoms. The van der Waals surface area contributed by atoms with Gasteiger partial charge in [0.05, 0.1) is 18.8 Å². The van der Waals surface area contributed by atoms with Crippen molar-refractivity contribution in [2.45, 2.75) is 19.1 Å². The number of halogens is 1. The number of benzene rings is 1. The van der Waals surface area contributed by atoms with Gasteiger partial charge >= 0.3 is 5.97 Å². The van der Waals surface area contributed by atoms with Gasteiger partial charge in [0.15, 0.2) is 0 Å². The van der Waals surface area contributed by atoms with E-state index in [0.717, 1.165) is 21.6 Å². The summed E-state index contributed by atoms with van der Waals surface area (Å²) in [5.74, 6) is -0.341. The molecule has 0 saturated carbocycles. The minimum absolute atomic E-state index is 0.0689. The van der Waals surface area contributed by atoms with E-state index in [9.17, 15) is 4.79 Å². The zero-order valence-corrected chi connectivity index (χ0v) is 11.9. The third-order valence-corrected chi connectivity index (χ3v) is 3.41. The van der Waals surface area contributed by atoms with Gasteiger partial charge in [-0.2, -0.15) is 0 Å². The van der Waals surface area contributed by atoms with Crippen LogP contribution in [0.2, 0.25) is 6.04 Å². The lowest BCUT2D eigenvalue weighted by Gasteiger charge is -2.06. The van der Waals surface area contributed by atoms with Crippen LogP contribution in [0.4, 0.5) is 0 Å². The van der Waals surface area contributed by atoms with E-state index < -0.39 is 0 Å². The first kappa shape index (κ1) is 13.7. The second-order valence-corrected chi connectivity index (χ2v) is 4.87. The number of rotatable bonds is 5. The second-order valence-electron chi connectivity index (χ2n) is 3.20. The van der Waals surface area contributed by atoms with Gasteiger partial charge in [-0.05, 0) is 52.8 Å². The molecule has 0 heterocycles. The molecule has 85 valence electrons. The minimum atomic E-state index is -0.341. The van der Waals surface area contributed by atoms with Crippen molar-refractivity contribution in [2.75, 3.05) is 6.61 Å². The fourth-order valence-corrected chi connectivity index (χ4v) is 1.79. The van der Waals surface area contributed by atoms with Crippen LogP contribution in [0.15, 0.2) is 18.2 Å². The Hall–Kier alpha value is -0.403. The van der Waals surface area contributed by atoms with Gasteiger partial charge in [0.25, 0.3) is 0 Å². The maximum atomic E-state index is 11.6. The highest BCUT2D eigenvalue weighted by Gasteiger charge is 2.09. The molecule has 1 aromatic rings. The Labute approximate surface area is 112 Å². The number of hydrogen-bond acceptors (Lipinski definition) is 3. The maximum Gasteiger partial charge on any atom is 0.338 e. The molecule has 5 heteroatoms. The van der Waals surface area contributed by atoms with Gasteiger partial charge in [-0.15, -0.1) is 0 Å². The third kappa shape index (κ3) is 3.87. The van der Waals surface area contributed by atoms with Crippen LogP contribution in [0.1, 0.15) is 22.3 Å². The molecule has 0 aliphatic rings. The van der Waals surface area contributed by atoms with Gasteiger partial charge < -0.3 is 9.84 Å². The molecule has 0 unspecified atom stereocenters. The molecule has 1 N–H and O–H groups in total. The van der Waals surface area contributed by atoms with Crippen LogP contribution in [0.25, 0.3) is 0 Å². The lowest BCUT2D eigenvalue weighted by molar-refractivity contribution is 0.0505. The standard InChI is InChI=1S/C11H12IO3Si/c12-10-3-2-8(6-9(10)7-13)11(14)15-4-1-5-16/h2-3,6,13H,1,4-5,7H2. The van der Waals surface area contributed by atoms with Gasteiger partial charge in [-0.25, -0.2) is 4.79 Å². The van der Waals surface area contributed by atoms with Crippen molar-refractivity contribution >= 4 is 38.8 Å². The third-order valence-electron chi connectivity index (χ3n) is 2.01. The quantitative estimate of drug-likeness (QED) is 0.383. The van der Waals surface area contributed by atoms with Crippen molar-refractivity contribution in [2.24, 2.45) is 0 Å². The molecular formula is C11H12IO3Si. The van der Waals surface area contributed by atoms with Crippen molar-refractivity contribution < 1.29 is 14.6 Å². The summed E-state index contributed by atoms with van der Waals surface area (Å²) in [6, 6.07) is 5.98. The predicted molar refractivity (Wildman–Crippen MR) is 70.5 cm³/mol. The van der Waals surface area contributed by atoms with E-state index in [1.807, 2.05) is 0 Å². The van der Waals surface area contributed by atoms with Crippen molar-refractivity contribution in [1.29, 1.82) is 0 Å². The first-order chi connectivity index (χ1) is 7.69. The molecule has 3 radical (unpaired) electrons. The first-order valence-electron chi connectivity index (χ1n) is 4.90. The van der Waals surface area contributed by atoms with Crippen molar-refractivity contribution in [1.82, 2.24) is 0 Å².